The number of rotatable bonds is 10. The van der Waals surface area contributed by atoms with Crippen molar-refractivity contribution in [3.8, 4) is 27.8 Å². The smallest absolute Gasteiger partial charge is 0.319 e. The molecule has 10 nitrogen and oxygen atoms in total. The summed E-state index contributed by atoms with van der Waals surface area (Å²) in [6.45, 7) is 3.84. The highest BCUT2D eigenvalue weighted by molar-refractivity contribution is 7.18. The molecule has 0 fully saturated rings. The lowest BCUT2D eigenvalue weighted by Gasteiger charge is -2.23. The lowest BCUT2D eigenvalue weighted by Crippen LogP contribution is -2.49. The standard InChI is InChI=1S/C24H29N5O5S/c1-6-14(2)20(26-23(31)25-16-11-18(33-4)13-19(12-16)34-5)21(30)27-24-29-28-22(35-24)15-7-9-17(32-3)10-8-15/h7-14,20H,6H2,1-5H3,(H2,25,26,31)(H,27,29,30)/t14-,20-/m0/s1. The molecule has 35 heavy (non-hydrogen) atoms. The zero-order valence-corrected chi connectivity index (χ0v) is 21.1. The van der Waals surface area contributed by atoms with Gasteiger partial charge in [0.2, 0.25) is 11.0 Å². The van der Waals surface area contributed by atoms with Gasteiger partial charge >= 0.3 is 6.03 Å². The Morgan fingerprint density at radius 1 is 0.914 bits per heavy atom. The molecule has 0 aliphatic carbocycles. The predicted molar refractivity (Wildman–Crippen MR) is 135 cm³/mol. The van der Waals surface area contributed by atoms with E-state index in [0.717, 1.165) is 11.3 Å². The first kappa shape index (κ1) is 25.8. The van der Waals surface area contributed by atoms with Gasteiger partial charge in [-0.1, -0.05) is 31.6 Å². The van der Waals surface area contributed by atoms with Crippen LogP contribution in [0.1, 0.15) is 20.3 Å². The Morgan fingerprint density at radius 3 is 2.11 bits per heavy atom. The van der Waals surface area contributed by atoms with Crippen LogP contribution in [-0.2, 0) is 4.79 Å². The van der Waals surface area contributed by atoms with Crippen LogP contribution in [0.15, 0.2) is 42.5 Å². The molecular formula is C24H29N5O5S. The summed E-state index contributed by atoms with van der Waals surface area (Å²) < 4.78 is 15.6. The van der Waals surface area contributed by atoms with E-state index in [0.29, 0.717) is 33.7 Å². The lowest BCUT2D eigenvalue weighted by atomic mass is 9.98. The van der Waals surface area contributed by atoms with Gasteiger partial charge in [0.25, 0.3) is 0 Å². The highest BCUT2D eigenvalue weighted by Gasteiger charge is 2.27. The highest BCUT2D eigenvalue weighted by Crippen LogP contribution is 2.28. The van der Waals surface area contributed by atoms with Gasteiger partial charge in [-0.3, -0.25) is 10.1 Å². The maximum atomic E-state index is 13.1. The Bertz CT molecular complexity index is 1130. The monoisotopic (exact) mass is 499 g/mol. The fourth-order valence-corrected chi connectivity index (χ4v) is 3.95. The number of carbonyl (C=O) groups is 2. The van der Waals surface area contributed by atoms with Crippen LogP contribution in [0, 0.1) is 5.92 Å². The van der Waals surface area contributed by atoms with Crippen molar-refractivity contribution in [2.75, 3.05) is 32.0 Å². The van der Waals surface area contributed by atoms with Crippen molar-refractivity contribution >= 4 is 34.1 Å². The summed E-state index contributed by atoms with van der Waals surface area (Å²) in [4.78, 5) is 25.8. The summed E-state index contributed by atoms with van der Waals surface area (Å²) in [6, 6.07) is 11.1. The van der Waals surface area contributed by atoms with E-state index in [-0.39, 0.29) is 11.8 Å². The maximum Gasteiger partial charge on any atom is 0.319 e. The molecule has 0 aliphatic heterocycles. The average Bonchev–Trinajstić information content (AvgIpc) is 3.34. The third-order valence-corrected chi connectivity index (χ3v) is 6.27. The van der Waals surface area contributed by atoms with Gasteiger partial charge in [0.15, 0.2) is 0 Å². The van der Waals surface area contributed by atoms with Crippen molar-refractivity contribution in [1.29, 1.82) is 0 Å². The molecule has 0 saturated carbocycles. The van der Waals surface area contributed by atoms with Gasteiger partial charge in [0.05, 0.1) is 21.3 Å². The quantitative estimate of drug-likeness (QED) is 0.378. The Hall–Kier alpha value is -3.86. The summed E-state index contributed by atoms with van der Waals surface area (Å²) in [7, 11) is 4.65. The van der Waals surface area contributed by atoms with Gasteiger partial charge in [-0.15, -0.1) is 10.2 Å². The van der Waals surface area contributed by atoms with Crippen LogP contribution in [-0.4, -0.2) is 49.5 Å². The second kappa shape index (κ2) is 12.0. The van der Waals surface area contributed by atoms with E-state index in [4.69, 9.17) is 14.2 Å². The summed E-state index contributed by atoms with van der Waals surface area (Å²) in [5, 5.41) is 17.5. The second-order valence-electron chi connectivity index (χ2n) is 7.69. The summed E-state index contributed by atoms with van der Waals surface area (Å²) >= 11 is 1.24. The van der Waals surface area contributed by atoms with Gasteiger partial charge in [0, 0.05) is 29.4 Å². The largest absolute Gasteiger partial charge is 0.497 e. The van der Waals surface area contributed by atoms with Crippen molar-refractivity contribution in [1.82, 2.24) is 15.5 Å². The molecule has 0 aliphatic rings. The maximum absolute atomic E-state index is 13.1. The van der Waals surface area contributed by atoms with E-state index >= 15 is 0 Å². The fraction of sp³-hybridized carbons (Fsp3) is 0.333. The molecule has 1 heterocycles. The molecule has 11 heteroatoms. The van der Waals surface area contributed by atoms with Crippen molar-refractivity contribution in [2.24, 2.45) is 5.92 Å². The predicted octanol–water partition coefficient (Wildman–Crippen LogP) is 4.41. The van der Waals surface area contributed by atoms with Crippen LogP contribution in [0.4, 0.5) is 15.6 Å². The molecular weight excluding hydrogens is 470 g/mol. The topological polar surface area (TPSA) is 124 Å². The second-order valence-corrected chi connectivity index (χ2v) is 8.67. The van der Waals surface area contributed by atoms with E-state index < -0.39 is 12.1 Å². The molecule has 3 amide bonds. The average molecular weight is 500 g/mol. The van der Waals surface area contributed by atoms with Gasteiger partial charge < -0.3 is 24.8 Å². The van der Waals surface area contributed by atoms with Crippen LogP contribution < -0.4 is 30.2 Å². The van der Waals surface area contributed by atoms with Crippen molar-refractivity contribution in [3.63, 3.8) is 0 Å². The van der Waals surface area contributed by atoms with Crippen LogP contribution >= 0.6 is 11.3 Å². The summed E-state index contributed by atoms with van der Waals surface area (Å²) in [6.07, 6.45) is 0.679. The van der Waals surface area contributed by atoms with Crippen molar-refractivity contribution in [3.05, 3.63) is 42.5 Å². The molecule has 2 aromatic carbocycles. The number of amides is 3. The molecule has 0 saturated heterocycles. The molecule has 1 aromatic heterocycles. The van der Waals surface area contributed by atoms with E-state index in [1.54, 1.807) is 25.3 Å². The summed E-state index contributed by atoms with van der Waals surface area (Å²) in [5.74, 6) is 1.28. The molecule has 186 valence electrons. The van der Waals surface area contributed by atoms with E-state index in [1.807, 2.05) is 38.1 Å². The minimum atomic E-state index is -0.791. The van der Waals surface area contributed by atoms with Gasteiger partial charge in [-0.2, -0.15) is 0 Å². The van der Waals surface area contributed by atoms with E-state index in [9.17, 15) is 9.59 Å². The van der Waals surface area contributed by atoms with E-state index in [1.165, 1.54) is 25.6 Å². The zero-order chi connectivity index (χ0) is 25.4. The Labute approximate surface area is 208 Å². The number of nitrogens with one attached hydrogen (secondary N) is 3. The van der Waals surface area contributed by atoms with Crippen LogP contribution in [0.25, 0.3) is 10.6 Å². The number of anilines is 2. The number of methoxy groups -OCH3 is 3. The first-order chi connectivity index (χ1) is 16.9. The number of hydrogen-bond donors (Lipinski definition) is 3. The Morgan fingerprint density at radius 2 is 1.54 bits per heavy atom. The molecule has 0 spiro atoms. The number of hydrogen-bond acceptors (Lipinski definition) is 8. The normalized spacial score (nSPS) is 12.3. The number of carbonyl (C=O) groups excluding carboxylic acids is 2. The number of nitrogens with zero attached hydrogens (tertiary/aromatic N) is 2. The summed E-state index contributed by atoms with van der Waals surface area (Å²) in [5.41, 5.74) is 1.32. The first-order valence-electron chi connectivity index (χ1n) is 11.0. The lowest BCUT2D eigenvalue weighted by molar-refractivity contribution is -0.119. The SMILES string of the molecule is CC[C@H](C)[C@H](NC(=O)Nc1cc(OC)cc(OC)c1)C(=O)Nc1nnc(-c2ccc(OC)cc2)s1. The van der Waals surface area contributed by atoms with Crippen LogP contribution in [0.3, 0.4) is 0 Å². The number of ether oxygens (including phenoxy) is 3. The molecule has 0 unspecified atom stereocenters. The van der Waals surface area contributed by atoms with Gasteiger partial charge in [-0.25, -0.2) is 4.79 Å². The highest BCUT2D eigenvalue weighted by atomic mass is 32.1. The minimum absolute atomic E-state index is 0.130. The molecule has 3 rings (SSSR count). The van der Waals surface area contributed by atoms with Crippen molar-refractivity contribution < 1.29 is 23.8 Å². The number of urea groups is 1. The number of benzene rings is 2. The molecule has 3 aromatic rings. The third kappa shape index (κ3) is 6.82. The molecule has 2 atom stereocenters. The Balaban J connectivity index is 1.68. The third-order valence-electron chi connectivity index (χ3n) is 5.38. The molecule has 3 N–H and O–H groups in total. The Kier molecular flexibility index (Phi) is 8.85. The number of aromatic nitrogens is 2. The fourth-order valence-electron chi connectivity index (χ4n) is 3.20. The minimum Gasteiger partial charge on any atom is -0.497 e. The first-order valence-corrected chi connectivity index (χ1v) is 11.8. The van der Waals surface area contributed by atoms with E-state index in [2.05, 4.69) is 26.1 Å². The zero-order valence-electron chi connectivity index (χ0n) is 20.2. The van der Waals surface area contributed by atoms with Crippen molar-refractivity contribution in [2.45, 2.75) is 26.3 Å². The van der Waals surface area contributed by atoms with Crippen LogP contribution in [0.2, 0.25) is 0 Å². The van der Waals surface area contributed by atoms with Gasteiger partial charge in [-0.05, 0) is 30.2 Å². The van der Waals surface area contributed by atoms with Crippen LogP contribution in [0.5, 0.6) is 17.2 Å². The van der Waals surface area contributed by atoms with Gasteiger partial charge in [0.1, 0.15) is 28.3 Å². The molecule has 0 bridgehead atoms. The molecule has 0 radical (unpaired) electrons.